The molecule has 24 heavy (non-hydrogen) atoms. The number of fused-ring (bicyclic) bond motifs is 2. The van der Waals surface area contributed by atoms with Crippen molar-refractivity contribution in [3.8, 4) is 0 Å². The van der Waals surface area contributed by atoms with E-state index in [4.69, 9.17) is 0 Å². The molecule has 2 N–H and O–H groups in total. The number of hydrogen-bond donors (Lipinski definition) is 2. The van der Waals surface area contributed by atoms with Crippen LogP contribution in [0.25, 0.3) is 0 Å². The van der Waals surface area contributed by atoms with Crippen molar-refractivity contribution in [2.45, 2.75) is 62.1 Å². The van der Waals surface area contributed by atoms with Crippen LogP contribution in [0.3, 0.4) is 0 Å². The number of nitrogens with zero attached hydrogens (tertiary/aromatic N) is 2. The Balaban J connectivity index is 1.60. The van der Waals surface area contributed by atoms with Crippen LogP contribution in [0.4, 0.5) is 5.69 Å². The fraction of sp³-hybridized carbons (Fsp3) is 0.700. The van der Waals surface area contributed by atoms with Gasteiger partial charge in [-0.25, -0.2) is 0 Å². The molecule has 7 rings (SSSR count). The van der Waals surface area contributed by atoms with Gasteiger partial charge in [-0.1, -0.05) is 25.1 Å². The normalized spacial score (nSPS) is 55.8. The second-order valence-electron chi connectivity index (χ2n) is 8.81. The maximum absolute atomic E-state index is 11.6. The Morgan fingerprint density at radius 2 is 2.00 bits per heavy atom. The number of aliphatic hydroxyl groups excluding tert-OH is 2. The predicted molar refractivity (Wildman–Crippen MR) is 91.7 cm³/mol. The number of benzene rings is 1. The third-order valence-corrected chi connectivity index (χ3v) is 8.46. The molecule has 10 atom stereocenters. The first-order valence-electron chi connectivity index (χ1n) is 9.57. The highest BCUT2D eigenvalue weighted by Gasteiger charge is 2.76. The van der Waals surface area contributed by atoms with Gasteiger partial charge in [0.25, 0.3) is 0 Å². The molecule has 4 saturated heterocycles. The van der Waals surface area contributed by atoms with Crippen molar-refractivity contribution in [2.24, 2.45) is 17.8 Å². The maximum Gasteiger partial charge on any atom is 0.111 e. The fourth-order valence-corrected chi connectivity index (χ4v) is 7.88. The van der Waals surface area contributed by atoms with Gasteiger partial charge in [0.15, 0.2) is 0 Å². The zero-order chi connectivity index (χ0) is 16.4. The Bertz CT molecular complexity index is 723. The number of anilines is 1. The number of para-hydroxylation sites is 1. The Morgan fingerprint density at radius 1 is 1.21 bits per heavy atom. The highest BCUT2D eigenvalue weighted by atomic mass is 16.3. The summed E-state index contributed by atoms with van der Waals surface area (Å²) in [6.07, 6.45) is 2.56. The summed E-state index contributed by atoms with van der Waals surface area (Å²) >= 11 is 0. The molecule has 0 aromatic heterocycles. The Hall–Kier alpha value is -1.10. The molecule has 1 aliphatic carbocycles. The van der Waals surface area contributed by atoms with Crippen molar-refractivity contribution < 1.29 is 10.2 Å². The van der Waals surface area contributed by atoms with Crippen LogP contribution in [0.15, 0.2) is 24.3 Å². The number of aliphatic hydroxyl groups is 2. The van der Waals surface area contributed by atoms with Gasteiger partial charge in [-0.3, -0.25) is 4.90 Å². The van der Waals surface area contributed by atoms with E-state index in [1.54, 1.807) is 0 Å². The zero-order valence-electron chi connectivity index (χ0n) is 14.3. The standard InChI is InChI=1S/C20H26N2O2/c1-3-10-11-8-14-17-20(12-6-4-5-7-13(12)21(17)2)9-15(16(11)18(20)23)22(14)19(10)24/h4-7,10-11,14-19,23-24H,3,8-9H2,1-2H3/t10-,11-,14-,15-,16+,17-,18-,19+,20+/m0/s1. The van der Waals surface area contributed by atoms with E-state index in [-0.39, 0.29) is 17.7 Å². The van der Waals surface area contributed by atoms with E-state index < -0.39 is 0 Å². The number of piperidine rings is 4. The number of hydrogen-bond acceptors (Lipinski definition) is 4. The van der Waals surface area contributed by atoms with Crippen LogP contribution in [0, 0.1) is 17.8 Å². The molecule has 0 amide bonds. The third-order valence-electron chi connectivity index (χ3n) is 8.46. The molecular formula is C20H26N2O2. The molecule has 5 heterocycles. The molecule has 5 bridgehead atoms. The summed E-state index contributed by atoms with van der Waals surface area (Å²) in [6.45, 7) is 2.19. The molecule has 1 spiro atoms. The average Bonchev–Trinajstić information content (AvgIpc) is 2.97. The topological polar surface area (TPSA) is 46.9 Å². The van der Waals surface area contributed by atoms with Crippen molar-refractivity contribution in [3.05, 3.63) is 29.8 Å². The molecule has 1 aromatic carbocycles. The molecule has 1 saturated carbocycles. The van der Waals surface area contributed by atoms with E-state index in [1.165, 1.54) is 11.3 Å². The van der Waals surface area contributed by atoms with Gasteiger partial charge < -0.3 is 15.1 Å². The number of likely N-dealkylation sites (N-methyl/N-ethyl adjacent to an activating group) is 1. The van der Waals surface area contributed by atoms with E-state index in [0.29, 0.717) is 35.9 Å². The summed E-state index contributed by atoms with van der Waals surface area (Å²) in [5.41, 5.74) is 2.51. The van der Waals surface area contributed by atoms with Gasteiger partial charge in [0.2, 0.25) is 0 Å². The summed E-state index contributed by atoms with van der Waals surface area (Å²) in [5.74, 6) is 1.14. The molecule has 0 radical (unpaired) electrons. The van der Waals surface area contributed by atoms with Gasteiger partial charge in [0, 0.05) is 42.1 Å². The van der Waals surface area contributed by atoms with E-state index >= 15 is 0 Å². The molecule has 5 fully saturated rings. The van der Waals surface area contributed by atoms with Crippen LogP contribution >= 0.6 is 0 Å². The first-order chi connectivity index (χ1) is 11.6. The van der Waals surface area contributed by atoms with Crippen LogP contribution < -0.4 is 4.90 Å². The first kappa shape index (κ1) is 14.1. The smallest absolute Gasteiger partial charge is 0.111 e. The zero-order valence-corrected chi connectivity index (χ0v) is 14.3. The predicted octanol–water partition coefficient (Wildman–Crippen LogP) is 1.55. The molecule has 1 aromatic rings. The van der Waals surface area contributed by atoms with Crippen molar-refractivity contribution in [3.63, 3.8) is 0 Å². The lowest BCUT2D eigenvalue weighted by Crippen LogP contribution is -2.72. The summed E-state index contributed by atoms with van der Waals surface area (Å²) in [4.78, 5) is 4.83. The number of rotatable bonds is 1. The maximum atomic E-state index is 11.6. The van der Waals surface area contributed by atoms with Crippen molar-refractivity contribution in [1.82, 2.24) is 4.90 Å². The van der Waals surface area contributed by atoms with E-state index in [2.05, 4.69) is 48.0 Å². The SMILES string of the molecule is CC[C@H]1[C@@H]2C[C@H]3[C@@H]4N(C)c5ccccc5[C@]45C[C@@H]([C@@H]2[C@@H]5O)N3[C@@H]1O. The van der Waals surface area contributed by atoms with Gasteiger partial charge >= 0.3 is 0 Å². The molecule has 128 valence electrons. The molecular weight excluding hydrogens is 300 g/mol. The van der Waals surface area contributed by atoms with Crippen molar-refractivity contribution >= 4 is 5.69 Å². The quantitative estimate of drug-likeness (QED) is 0.822. The summed E-state index contributed by atoms with van der Waals surface area (Å²) in [7, 11) is 2.19. The van der Waals surface area contributed by atoms with E-state index in [1.807, 2.05) is 0 Å². The van der Waals surface area contributed by atoms with Gasteiger partial charge in [-0.2, -0.15) is 0 Å². The lowest BCUT2D eigenvalue weighted by molar-refractivity contribution is -0.211. The van der Waals surface area contributed by atoms with Gasteiger partial charge in [-0.15, -0.1) is 0 Å². The molecule has 4 heteroatoms. The van der Waals surface area contributed by atoms with Crippen LogP contribution in [-0.2, 0) is 5.41 Å². The Kier molecular flexibility index (Phi) is 2.45. The van der Waals surface area contributed by atoms with Crippen LogP contribution in [0.2, 0.25) is 0 Å². The Morgan fingerprint density at radius 3 is 2.79 bits per heavy atom. The summed E-state index contributed by atoms with van der Waals surface area (Å²) < 4.78 is 0. The van der Waals surface area contributed by atoms with Crippen molar-refractivity contribution in [1.29, 1.82) is 0 Å². The summed E-state index contributed by atoms with van der Waals surface area (Å²) in [6, 6.07) is 9.70. The van der Waals surface area contributed by atoms with Crippen LogP contribution in [0.1, 0.15) is 31.7 Å². The first-order valence-corrected chi connectivity index (χ1v) is 9.57. The van der Waals surface area contributed by atoms with Crippen LogP contribution in [0.5, 0.6) is 0 Å². The van der Waals surface area contributed by atoms with Gasteiger partial charge in [0.05, 0.1) is 12.1 Å². The largest absolute Gasteiger partial charge is 0.392 e. The molecule has 1 unspecified atom stereocenters. The highest BCUT2D eigenvalue weighted by Crippen LogP contribution is 2.68. The lowest BCUT2D eigenvalue weighted by atomic mass is 9.62. The molecule has 6 aliphatic rings. The van der Waals surface area contributed by atoms with Gasteiger partial charge in [-0.05, 0) is 36.8 Å². The minimum atomic E-state index is -0.319. The second kappa shape index (κ2) is 4.17. The van der Waals surface area contributed by atoms with E-state index in [9.17, 15) is 10.2 Å². The Labute approximate surface area is 143 Å². The van der Waals surface area contributed by atoms with Gasteiger partial charge in [0.1, 0.15) is 6.23 Å². The lowest BCUT2D eigenvalue weighted by Gasteiger charge is -2.62. The fourth-order valence-electron chi connectivity index (χ4n) is 7.88. The molecule has 4 nitrogen and oxygen atoms in total. The highest BCUT2D eigenvalue weighted by molar-refractivity contribution is 5.67. The average molecular weight is 326 g/mol. The van der Waals surface area contributed by atoms with Crippen LogP contribution in [-0.4, -0.2) is 52.6 Å². The van der Waals surface area contributed by atoms with E-state index in [0.717, 1.165) is 19.3 Å². The summed E-state index contributed by atoms with van der Waals surface area (Å²) in [5, 5.41) is 22.6. The van der Waals surface area contributed by atoms with Crippen molar-refractivity contribution in [2.75, 3.05) is 11.9 Å². The monoisotopic (exact) mass is 326 g/mol. The second-order valence-corrected chi connectivity index (χ2v) is 8.81. The third kappa shape index (κ3) is 1.20. The minimum absolute atomic E-state index is 0.126. The molecule has 5 aliphatic heterocycles. The minimum Gasteiger partial charge on any atom is -0.392 e.